The van der Waals surface area contributed by atoms with E-state index >= 15 is 0 Å². The molecule has 1 amide bonds. The van der Waals surface area contributed by atoms with Gasteiger partial charge in [0.05, 0.1) is 5.69 Å². The molecule has 140 valence electrons. The number of benzene rings is 2. The van der Waals surface area contributed by atoms with Gasteiger partial charge in [-0.1, -0.05) is 43.3 Å². The third-order valence-corrected chi connectivity index (χ3v) is 5.43. The van der Waals surface area contributed by atoms with Crippen molar-refractivity contribution in [2.75, 3.05) is 14.1 Å². The van der Waals surface area contributed by atoms with Crippen LogP contribution in [0.15, 0.2) is 53.9 Å². The molecule has 0 atom stereocenters. The molecule has 0 radical (unpaired) electrons. The fraction of sp³-hybridized carbons (Fsp3) is 0.273. The van der Waals surface area contributed by atoms with Crippen LogP contribution in [-0.2, 0) is 19.5 Å². The fourth-order valence-corrected chi connectivity index (χ4v) is 3.76. The predicted octanol–water partition coefficient (Wildman–Crippen LogP) is 4.36. The number of carbonyl (C=O) groups excluding carboxylic acids is 1. The quantitative estimate of drug-likeness (QED) is 0.663. The molecule has 4 nitrogen and oxygen atoms in total. The Morgan fingerprint density at radius 1 is 1.04 bits per heavy atom. The highest BCUT2D eigenvalue weighted by atomic mass is 32.1. The highest BCUT2D eigenvalue weighted by Crippen LogP contribution is 2.25. The number of amides is 1. The Morgan fingerprint density at radius 3 is 2.33 bits per heavy atom. The Morgan fingerprint density at radius 2 is 1.70 bits per heavy atom. The van der Waals surface area contributed by atoms with Crippen molar-refractivity contribution in [3.05, 3.63) is 76.3 Å². The maximum Gasteiger partial charge on any atom is 0.251 e. The molecular formula is C22H25N3OS. The smallest absolute Gasteiger partial charge is 0.251 e. The van der Waals surface area contributed by atoms with E-state index in [9.17, 15) is 4.79 Å². The van der Waals surface area contributed by atoms with Gasteiger partial charge in [0.25, 0.3) is 5.91 Å². The van der Waals surface area contributed by atoms with Crippen LogP contribution in [0.2, 0.25) is 0 Å². The number of nitrogens with one attached hydrogen (secondary N) is 1. The second-order valence-electron chi connectivity index (χ2n) is 6.64. The first-order chi connectivity index (χ1) is 13.1. The second-order valence-corrected chi connectivity index (χ2v) is 7.50. The second kappa shape index (κ2) is 8.93. The van der Waals surface area contributed by atoms with Crippen molar-refractivity contribution in [3.63, 3.8) is 0 Å². The normalized spacial score (nSPS) is 11.0. The number of hydrogen-bond donors (Lipinski definition) is 1. The summed E-state index contributed by atoms with van der Waals surface area (Å²) in [7, 11) is 3.73. The average molecular weight is 380 g/mol. The van der Waals surface area contributed by atoms with Crippen molar-refractivity contribution in [2.45, 2.75) is 26.4 Å². The van der Waals surface area contributed by atoms with Crippen molar-refractivity contribution >= 4 is 17.2 Å². The summed E-state index contributed by atoms with van der Waals surface area (Å²) >= 11 is 1.69. The van der Waals surface area contributed by atoms with Gasteiger partial charge in [0.2, 0.25) is 0 Å². The summed E-state index contributed by atoms with van der Waals surface area (Å²) in [5, 5.41) is 5.84. The molecule has 0 aliphatic heterocycles. The summed E-state index contributed by atoms with van der Waals surface area (Å²) in [6.45, 7) is 3.77. The molecular weight excluding hydrogens is 354 g/mol. The zero-order valence-corrected chi connectivity index (χ0v) is 16.8. The molecule has 0 spiro atoms. The monoisotopic (exact) mass is 379 g/mol. The highest BCUT2D eigenvalue weighted by Gasteiger charge is 2.09. The van der Waals surface area contributed by atoms with Crippen molar-refractivity contribution in [3.8, 4) is 10.6 Å². The Hall–Kier alpha value is -2.50. The summed E-state index contributed by atoms with van der Waals surface area (Å²) in [6.07, 6.45) is 1.05. The molecule has 0 saturated carbocycles. The lowest BCUT2D eigenvalue weighted by atomic mass is 10.1. The van der Waals surface area contributed by atoms with E-state index in [0.29, 0.717) is 5.56 Å². The maximum absolute atomic E-state index is 11.6. The van der Waals surface area contributed by atoms with Crippen molar-refractivity contribution in [2.24, 2.45) is 0 Å². The number of thiazole rings is 1. The third kappa shape index (κ3) is 5.02. The zero-order chi connectivity index (χ0) is 19.2. The number of nitrogens with zero attached hydrogens (tertiary/aromatic N) is 2. The van der Waals surface area contributed by atoms with E-state index in [0.717, 1.165) is 30.2 Å². The number of aromatic nitrogens is 1. The van der Waals surface area contributed by atoms with E-state index in [1.165, 1.54) is 16.7 Å². The lowest BCUT2D eigenvalue weighted by molar-refractivity contribution is 0.0963. The molecule has 2 aromatic carbocycles. The molecule has 3 rings (SSSR count). The molecule has 1 N–H and O–H groups in total. The van der Waals surface area contributed by atoms with E-state index in [1.54, 1.807) is 18.4 Å². The Kier molecular flexibility index (Phi) is 6.37. The first-order valence-electron chi connectivity index (χ1n) is 9.12. The van der Waals surface area contributed by atoms with Crippen LogP contribution >= 0.6 is 11.3 Å². The minimum Gasteiger partial charge on any atom is -0.355 e. The number of hydrogen-bond acceptors (Lipinski definition) is 4. The number of rotatable bonds is 7. The first kappa shape index (κ1) is 19.3. The van der Waals surface area contributed by atoms with Gasteiger partial charge in [0.15, 0.2) is 0 Å². The maximum atomic E-state index is 11.6. The summed E-state index contributed by atoms with van der Waals surface area (Å²) < 4.78 is 0. The van der Waals surface area contributed by atoms with Gasteiger partial charge in [0.1, 0.15) is 5.01 Å². The van der Waals surface area contributed by atoms with Gasteiger partial charge in [-0.05, 0) is 36.7 Å². The van der Waals surface area contributed by atoms with E-state index in [-0.39, 0.29) is 5.91 Å². The first-order valence-corrected chi connectivity index (χ1v) is 10.00. The molecule has 5 heteroatoms. The SMILES string of the molecule is CCc1ccc(-c2nc(CN(C)Cc3ccc(C(=O)NC)cc3)cs2)cc1. The molecule has 27 heavy (non-hydrogen) atoms. The minimum absolute atomic E-state index is 0.0584. The molecule has 0 bridgehead atoms. The minimum atomic E-state index is -0.0584. The van der Waals surface area contributed by atoms with Gasteiger partial charge in [-0.2, -0.15) is 0 Å². The largest absolute Gasteiger partial charge is 0.355 e. The fourth-order valence-electron chi connectivity index (χ4n) is 2.95. The van der Waals surface area contributed by atoms with E-state index in [2.05, 4.69) is 53.8 Å². The summed E-state index contributed by atoms with van der Waals surface area (Å²) in [5.41, 5.74) is 5.46. The molecule has 1 aromatic heterocycles. The van der Waals surface area contributed by atoms with Crippen molar-refractivity contribution < 1.29 is 4.79 Å². The lowest BCUT2D eigenvalue weighted by Gasteiger charge is -2.15. The highest BCUT2D eigenvalue weighted by molar-refractivity contribution is 7.13. The zero-order valence-electron chi connectivity index (χ0n) is 16.0. The van der Waals surface area contributed by atoms with Crippen LogP contribution < -0.4 is 5.32 Å². The van der Waals surface area contributed by atoms with Crippen LogP contribution in [-0.4, -0.2) is 29.9 Å². The third-order valence-electron chi connectivity index (χ3n) is 4.49. The van der Waals surface area contributed by atoms with Crippen LogP contribution in [0.3, 0.4) is 0 Å². The Bertz CT molecular complexity index is 885. The van der Waals surface area contributed by atoms with Crippen LogP contribution in [0, 0.1) is 0 Å². The number of aryl methyl sites for hydroxylation is 1. The lowest BCUT2D eigenvalue weighted by Crippen LogP contribution is -2.19. The molecule has 0 aliphatic carbocycles. The standard InChI is InChI=1S/C22H25N3OS/c1-4-16-5-11-19(12-6-16)22-24-20(15-27-22)14-25(3)13-17-7-9-18(10-8-17)21(26)23-2/h5-12,15H,4,13-14H2,1-3H3,(H,23,26). The van der Waals surface area contributed by atoms with Gasteiger partial charge in [-0.25, -0.2) is 4.98 Å². The molecule has 0 saturated heterocycles. The van der Waals surface area contributed by atoms with Crippen molar-refractivity contribution in [1.82, 2.24) is 15.2 Å². The molecule has 0 unspecified atom stereocenters. The van der Waals surface area contributed by atoms with Gasteiger partial charge < -0.3 is 5.32 Å². The summed E-state index contributed by atoms with van der Waals surface area (Å²) in [5.74, 6) is -0.0584. The topological polar surface area (TPSA) is 45.2 Å². The van der Waals surface area contributed by atoms with E-state index in [1.807, 2.05) is 24.3 Å². The average Bonchev–Trinajstić information content (AvgIpc) is 3.16. The summed E-state index contributed by atoms with van der Waals surface area (Å²) in [4.78, 5) is 18.6. The van der Waals surface area contributed by atoms with Crippen molar-refractivity contribution in [1.29, 1.82) is 0 Å². The van der Waals surface area contributed by atoms with Crippen LogP contribution in [0.1, 0.15) is 34.1 Å². The Balaban J connectivity index is 1.60. The van der Waals surface area contributed by atoms with Gasteiger partial charge in [0, 0.05) is 36.6 Å². The van der Waals surface area contributed by atoms with Crippen LogP contribution in [0.5, 0.6) is 0 Å². The van der Waals surface area contributed by atoms with E-state index < -0.39 is 0 Å². The number of carbonyl (C=O) groups is 1. The van der Waals surface area contributed by atoms with Gasteiger partial charge >= 0.3 is 0 Å². The summed E-state index contributed by atoms with van der Waals surface area (Å²) in [6, 6.07) is 16.4. The van der Waals surface area contributed by atoms with Crippen LogP contribution in [0.4, 0.5) is 0 Å². The molecule has 0 aliphatic rings. The van der Waals surface area contributed by atoms with E-state index in [4.69, 9.17) is 4.98 Å². The van der Waals surface area contributed by atoms with Crippen LogP contribution in [0.25, 0.3) is 10.6 Å². The van der Waals surface area contributed by atoms with Gasteiger partial charge in [-0.15, -0.1) is 11.3 Å². The molecule has 1 heterocycles. The molecule has 3 aromatic rings. The molecule has 0 fully saturated rings. The Labute approximate surface area is 164 Å². The van der Waals surface area contributed by atoms with Gasteiger partial charge in [-0.3, -0.25) is 9.69 Å². The predicted molar refractivity (Wildman–Crippen MR) is 112 cm³/mol.